The largest absolute Gasteiger partial charge is 0.476 e. The average Bonchev–Trinajstić information content (AvgIpc) is 3.22. The summed E-state index contributed by atoms with van der Waals surface area (Å²) in [4.78, 5) is 36.0. The van der Waals surface area contributed by atoms with Gasteiger partial charge in [0.2, 0.25) is 0 Å². The fraction of sp³-hybridized carbons (Fsp3) is 0.647. The number of nitrogens with zero attached hydrogens (tertiary/aromatic N) is 4. The molecule has 3 rings (SSSR count). The molecule has 136 valence electrons. The Morgan fingerprint density at radius 1 is 1.24 bits per heavy atom. The lowest BCUT2D eigenvalue weighted by molar-refractivity contribution is 0.0147. The highest BCUT2D eigenvalue weighted by Crippen LogP contribution is 2.36. The number of anilines is 1. The van der Waals surface area contributed by atoms with Gasteiger partial charge >= 0.3 is 12.1 Å². The highest BCUT2D eigenvalue weighted by molar-refractivity contribution is 5.91. The maximum atomic E-state index is 12.7. The molecule has 1 unspecified atom stereocenters. The molecule has 0 aromatic carbocycles. The molecule has 2 fully saturated rings. The van der Waals surface area contributed by atoms with Crippen LogP contribution in [0, 0.1) is 0 Å². The topological polar surface area (TPSA) is 95.9 Å². The first-order chi connectivity index (χ1) is 11.8. The van der Waals surface area contributed by atoms with Crippen LogP contribution in [0.3, 0.4) is 0 Å². The molecular formula is C17H24N4O4. The number of rotatable bonds is 4. The fourth-order valence-corrected chi connectivity index (χ4v) is 3.16. The van der Waals surface area contributed by atoms with Gasteiger partial charge in [-0.1, -0.05) is 0 Å². The third-order valence-electron chi connectivity index (χ3n) is 4.24. The molecule has 0 spiro atoms. The summed E-state index contributed by atoms with van der Waals surface area (Å²) in [7, 11) is 0. The Hall–Kier alpha value is -2.38. The lowest BCUT2D eigenvalue weighted by Gasteiger charge is -2.37. The maximum Gasteiger partial charge on any atom is 0.412 e. The molecule has 1 atom stereocenters. The zero-order valence-electron chi connectivity index (χ0n) is 14.8. The van der Waals surface area contributed by atoms with Crippen LogP contribution in [-0.4, -0.2) is 56.4 Å². The van der Waals surface area contributed by atoms with E-state index in [4.69, 9.17) is 4.74 Å². The molecule has 8 heteroatoms. The predicted molar refractivity (Wildman–Crippen MR) is 90.5 cm³/mol. The van der Waals surface area contributed by atoms with Crippen molar-refractivity contribution in [2.45, 2.75) is 64.3 Å². The highest BCUT2D eigenvalue weighted by atomic mass is 16.6. The van der Waals surface area contributed by atoms with Crippen molar-refractivity contribution in [2.24, 2.45) is 0 Å². The molecule has 0 radical (unpaired) electrons. The van der Waals surface area contributed by atoms with Gasteiger partial charge in [0.25, 0.3) is 0 Å². The summed E-state index contributed by atoms with van der Waals surface area (Å²) in [6.07, 6.45) is 5.73. The van der Waals surface area contributed by atoms with E-state index in [-0.39, 0.29) is 24.0 Å². The van der Waals surface area contributed by atoms with E-state index in [1.54, 1.807) is 4.90 Å². The number of ether oxygens (including phenoxy) is 1. The second-order valence-electron chi connectivity index (χ2n) is 7.47. The summed E-state index contributed by atoms with van der Waals surface area (Å²) < 4.78 is 5.58. The SMILES string of the molecule is CC(C)(C)OC(=O)N(C1CC1)C1CCCN1c1nccnc1C(=O)O. The highest BCUT2D eigenvalue weighted by Gasteiger charge is 2.44. The number of hydrogen-bond donors (Lipinski definition) is 1. The van der Waals surface area contributed by atoms with Gasteiger partial charge in [0, 0.05) is 25.0 Å². The van der Waals surface area contributed by atoms with E-state index >= 15 is 0 Å². The normalized spacial score (nSPS) is 20.4. The number of carbonyl (C=O) groups is 2. The molecule has 1 aromatic rings. The van der Waals surface area contributed by atoms with E-state index in [0.717, 1.165) is 25.7 Å². The molecule has 1 N–H and O–H groups in total. The van der Waals surface area contributed by atoms with Crippen LogP contribution in [0.25, 0.3) is 0 Å². The molecule has 0 bridgehead atoms. The van der Waals surface area contributed by atoms with Gasteiger partial charge in [0.1, 0.15) is 11.8 Å². The first-order valence-corrected chi connectivity index (χ1v) is 8.60. The van der Waals surface area contributed by atoms with Gasteiger partial charge in [-0.3, -0.25) is 4.90 Å². The van der Waals surface area contributed by atoms with Gasteiger partial charge in [0.05, 0.1) is 0 Å². The van der Waals surface area contributed by atoms with E-state index in [0.29, 0.717) is 12.4 Å². The molecule has 1 aliphatic carbocycles. The minimum absolute atomic E-state index is 0.0886. The standard InChI is InChI=1S/C17H24N4O4/c1-17(2,3)25-16(24)21(11-6-7-11)12-5-4-10-20(12)14-13(15(22)23)18-8-9-19-14/h8-9,11-12H,4-7,10H2,1-3H3,(H,22,23). The molecule has 2 heterocycles. The average molecular weight is 348 g/mol. The summed E-state index contributed by atoms with van der Waals surface area (Å²) in [6.45, 7) is 6.16. The van der Waals surface area contributed by atoms with Crippen LogP contribution in [0.4, 0.5) is 10.6 Å². The summed E-state index contributed by atoms with van der Waals surface area (Å²) in [5.74, 6) is -0.810. The Morgan fingerprint density at radius 3 is 2.52 bits per heavy atom. The van der Waals surface area contributed by atoms with Crippen LogP contribution in [0.1, 0.15) is 56.9 Å². The zero-order chi connectivity index (χ0) is 18.2. The number of aromatic nitrogens is 2. The number of hydrogen-bond acceptors (Lipinski definition) is 6. The van der Waals surface area contributed by atoms with Crippen molar-refractivity contribution in [3.05, 3.63) is 18.1 Å². The quantitative estimate of drug-likeness (QED) is 0.893. The summed E-state index contributed by atoms with van der Waals surface area (Å²) >= 11 is 0. The molecule has 25 heavy (non-hydrogen) atoms. The molecule has 1 saturated heterocycles. The Balaban J connectivity index is 1.89. The van der Waals surface area contributed by atoms with Crippen molar-refractivity contribution in [1.82, 2.24) is 14.9 Å². The maximum absolute atomic E-state index is 12.7. The predicted octanol–water partition coefficient (Wildman–Crippen LogP) is 2.50. The van der Waals surface area contributed by atoms with E-state index in [9.17, 15) is 14.7 Å². The number of amides is 1. The molecule has 1 aliphatic heterocycles. The zero-order valence-corrected chi connectivity index (χ0v) is 14.8. The van der Waals surface area contributed by atoms with Crippen LogP contribution in [0.15, 0.2) is 12.4 Å². The van der Waals surface area contributed by atoms with Gasteiger partial charge in [-0.05, 0) is 46.5 Å². The minimum atomic E-state index is -1.12. The van der Waals surface area contributed by atoms with Gasteiger partial charge in [-0.2, -0.15) is 0 Å². The van der Waals surface area contributed by atoms with E-state index in [1.807, 2.05) is 25.7 Å². The smallest absolute Gasteiger partial charge is 0.412 e. The first kappa shape index (κ1) is 17.4. The van der Waals surface area contributed by atoms with E-state index in [2.05, 4.69) is 9.97 Å². The molecule has 1 amide bonds. The van der Waals surface area contributed by atoms with Crippen molar-refractivity contribution < 1.29 is 19.4 Å². The van der Waals surface area contributed by atoms with Crippen LogP contribution >= 0.6 is 0 Å². The van der Waals surface area contributed by atoms with Crippen LogP contribution in [-0.2, 0) is 4.74 Å². The summed E-state index contributed by atoms with van der Waals surface area (Å²) in [5, 5.41) is 9.40. The lowest BCUT2D eigenvalue weighted by atomic mass is 10.2. The monoisotopic (exact) mass is 348 g/mol. The Morgan fingerprint density at radius 2 is 1.92 bits per heavy atom. The lowest BCUT2D eigenvalue weighted by Crippen LogP contribution is -2.51. The molecule has 2 aliphatic rings. The van der Waals surface area contributed by atoms with Crippen molar-refractivity contribution in [3.8, 4) is 0 Å². The fourth-order valence-electron chi connectivity index (χ4n) is 3.16. The van der Waals surface area contributed by atoms with Crippen molar-refractivity contribution >= 4 is 17.9 Å². The van der Waals surface area contributed by atoms with E-state index in [1.165, 1.54) is 12.4 Å². The Bertz CT molecular complexity index is 669. The number of carboxylic acids is 1. The van der Waals surface area contributed by atoms with Crippen LogP contribution in [0.5, 0.6) is 0 Å². The van der Waals surface area contributed by atoms with Gasteiger partial charge in [-0.15, -0.1) is 0 Å². The minimum Gasteiger partial charge on any atom is -0.476 e. The second-order valence-corrected chi connectivity index (χ2v) is 7.47. The molecule has 1 saturated carbocycles. The van der Waals surface area contributed by atoms with Crippen LogP contribution < -0.4 is 4.90 Å². The van der Waals surface area contributed by atoms with Crippen molar-refractivity contribution in [1.29, 1.82) is 0 Å². The second kappa shape index (κ2) is 6.50. The number of carbonyl (C=O) groups excluding carboxylic acids is 1. The molecule has 1 aromatic heterocycles. The van der Waals surface area contributed by atoms with Crippen LogP contribution in [0.2, 0.25) is 0 Å². The molecular weight excluding hydrogens is 324 g/mol. The summed E-state index contributed by atoms with van der Waals surface area (Å²) in [5.41, 5.74) is -0.666. The van der Waals surface area contributed by atoms with Gasteiger partial charge < -0.3 is 14.7 Å². The number of aromatic carboxylic acids is 1. The van der Waals surface area contributed by atoms with E-state index < -0.39 is 11.6 Å². The van der Waals surface area contributed by atoms with Gasteiger partial charge in [-0.25, -0.2) is 19.6 Å². The summed E-state index contributed by atoms with van der Waals surface area (Å²) in [6, 6.07) is 0.144. The van der Waals surface area contributed by atoms with Gasteiger partial charge in [0.15, 0.2) is 11.5 Å². The first-order valence-electron chi connectivity index (χ1n) is 8.60. The van der Waals surface area contributed by atoms with Crippen molar-refractivity contribution in [3.63, 3.8) is 0 Å². The Labute approximate surface area is 146 Å². The molecule has 8 nitrogen and oxygen atoms in total. The third-order valence-corrected chi connectivity index (χ3v) is 4.24. The number of carboxylic acid groups (broad SMARTS) is 1. The third kappa shape index (κ3) is 3.83. The Kier molecular flexibility index (Phi) is 4.53. The van der Waals surface area contributed by atoms with Crippen molar-refractivity contribution in [2.75, 3.05) is 11.4 Å².